The Kier molecular flexibility index (Phi) is 7.06. The Hall–Kier alpha value is -3.45. The minimum absolute atomic E-state index is 0.110. The molecule has 1 N–H and O–H groups in total. The van der Waals surface area contributed by atoms with Crippen LogP contribution < -0.4 is 19.5 Å². The monoisotopic (exact) mass is 402 g/mol. The lowest BCUT2D eigenvalue weighted by molar-refractivity contribution is -0.132. The number of benzene rings is 1. The van der Waals surface area contributed by atoms with Gasteiger partial charge in [-0.3, -0.25) is 14.9 Å². The Bertz CT molecular complexity index is 936. The number of hydrogen-bond donors (Lipinski definition) is 1. The molecule has 2 rings (SSSR count). The average Bonchev–Trinajstić information content (AvgIpc) is 3.13. The van der Waals surface area contributed by atoms with Gasteiger partial charge >= 0.3 is 5.97 Å². The van der Waals surface area contributed by atoms with Gasteiger partial charge in [0, 0.05) is 6.92 Å². The van der Waals surface area contributed by atoms with Gasteiger partial charge in [0.2, 0.25) is 10.9 Å². The van der Waals surface area contributed by atoms with Crippen molar-refractivity contribution in [2.75, 3.05) is 19.5 Å². The minimum Gasteiger partial charge on any atom is -0.493 e. The van der Waals surface area contributed by atoms with Crippen molar-refractivity contribution in [3.8, 4) is 23.3 Å². The van der Waals surface area contributed by atoms with Crippen LogP contribution in [0.4, 0.5) is 5.13 Å². The zero-order valence-corrected chi connectivity index (χ0v) is 16.5. The molecular formula is C18H18N4O5S. The molecule has 1 aromatic heterocycles. The van der Waals surface area contributed by atoms with Gasteiger partial charge in [-0.2, -0.15) is 5.26 Å². The van der Waals surface area contributed by atoms with E-state index in [9.17, 15) is 14.9 Å². The number of hydrogen-bond acceptors (Lipinski definition) is 9. The molecule has 0 aliphatic rings. The van der Waals surface area contributed by atoms with Crippen molar-refractivity contribution in [1.82, 2.24) is 10.2 Å². The van der Waals surface area contributed by atoms with E-state index in [1.807, 2.05) is 13.0 Å². The highest BCUT2D eigenvalue weighted by Gasteiger charge is 2.17. The highest BCUT2D eigenvalue weighted by Crippen LogP contribution is 2.39. The van der Waals surface area contributed by atoms with E-state index in [1.54, 1.807) is 0 Å². The van der Waals surface area contributed by atoms with Gasteiger partial charge in [-0.05, 0) is 30.2 Å². The van der Waals surface area contributed by atoms with Crippen molar-refractivity contribution in [3.63, 3.8) is 0 Å². The Morgan fingerprint density at radius 3 is 2.36 bits per heavy atom. The molecule has 146 valence electrons. The maximum Gasteiger partial charge on any atom is 0.308 e. The van der Waals surface area contributed by atoms with Crippen molar-refractivity contribution < 1.29 is 23.8 Å². The number of carbonyl (C=O) groups excluding carboxylic acids is 2. The molecule has 2 aromatic rings. The van der Waals surface area contributed by atoms with Crippen LogP contribution in [-0.2, 0) is 16.0 Å². The van der Waals surface area contributed by atoms with Crippen LogP contribution in [-0.4, -0.2) is 36.3 Å². The van der Waals surface area contributed by atoms with Crippen LogP contribution in [0.1, 0.15) is 24.4 Å². The largest absolute Gasteiger partial charge is 0.493 e. The Labute approximate surface area is 165 Å². The summed E-state index contributed by atoms with van der Waals surface area (Å²) in [5.41, 5.74) is 0.292. The summed E-state index contributed by atoms with van der Waals surface area (Å²) in [6, 6.07) is 4.89. The second kappa shape index (κ2) is 9.48. The highest BCUT2D eigenvalue weighted by atomic mass is 32.1. The predicted octanol–water partition coefficient (Wildman–Crippen LogP) is 2.59. The van der Waals surface area contributed by atoms with Crippen molar-refractivity contribution in [3.05, 3.63) is 28.3 Å². The highest BCUT2D eigenvalue weighted by molar-refractivity contribution is 7.15. The smallest absolute Gasteiger partial charge is 0.308 e. The summed E-state index contributed by atoms with van der Waals surface area (Å²) in [7, 11) is 2.79. The van der Waals surface area contributed by atoms with E-state index in [-0.39, 0.29) is 22.8 Å². The van der Waals surface area contributed by atoms with Crippen molar-refractivity contribution in [2.45, 2.75) is 20.3 Å². The number of rotatable bonds is 7. The molecule has 9 nitrogen and oxygen atoms in total. The van der Waals surface area contributed by atoms with Gasteiger partial charge < -0.3 is 14.2 Å². The fraction of sp³-hybridized carbons (Fsp3) is 0.278. The maximum absolute atomic E-state index is 12.4. The molecule has 0 radical (unpaired) electrons. The summed E-state index contributed by atoms with van der Waals surface area (Å²) in [5.74, 6) is -0.618. The number of nitriles is 1. The average molecular weight is 402 g/mol. The molecule has 0 saturated carbocycles. The molecule has 1 heterocycles. The van der Waals surface area contributed by atoms with E-state index in [2.05, 4.69) is 15.5 Å². The van der Waals surface area contributed by atoms with Gasteiger partial charge in [-0.15, -0.1) is 10.2 Å². The number of amides is 1. The number of nitrogens with zero attached hydrogens (tertiary/aromatic N) is 3. The molecule has 28 heavy (non-hydrogen) atoms. The van der Waals surface area contributed by atoms with Gasteiger partial charge in [-0.1, -0.05) is 18.3 Å². The third-order valence-corrected chi connectivity index (χ3v) is 4.38. The Morgan fingerprint density at radius 1 is 1.25 bits per heavy atom. The number of aryl methyl sites for hydroxylation is 1. The van der Waals surface area contributed by atoms with E-state index in [4.69, 9.17) is 14.2 Å². The lowest BCUT2D eigenvalue weighted by Gasteiger charge is -2.13. The lowest BCUT2D eigenvalue weighted by atomic mass is 10.1. The summed E-state index contributed by atoms with van der Waals surface area (Å²) in [5, 5.41) is 20.8. The number of aromatic nitrogens is 2. The molecule has 0 bridgehead atoms. The molecule has 1 aromatic carbocycles. The molecule has 0 unspecified atom stereocenters. The van der Waals surface area contributed by atoms with Crippen LogP contribution in [0.2, 0.25) is 0 Å². The number of anilines is 1. The normalized spacial score (nSPS) is 10.8. The van der Waals surface area contributed by atoms with E-state index in [1.165, 1.54) is 50.7 Å². The first kappa shape index (κ1) is 20.9. The SMILES string of the molecule is CCc1nnc(NC(=O)/C(C#N)=C/c2cc(OC)c(OC(C)=O)c(OC)c2)s1. The third-order valence-electron chi connectivity index (χ3n) is 3.39. The molecule has 0 atom stereocenters. The van der Waals surface area contributed by atoms with Crippen LogP contribution in [0.5, 0.6) is 17.2 Å². The van der Waals surface area contributed by atoms with E-state index in [0.29, 0.717) is 17.1 Å². The number of ether oxygens (including phenoxy) is 3. The van der Waals surface area contributed by atoms with Crippen LogP contribution in [0.25, 0.3) is 6.08 Å². The molecule has 0 spiro atoms. The first-order valence-corrected chi connectivity index (χ1v) is 8.93. The summed E-state index contributed by atoms with van der Waals surface area (Å²) >= 11 is 1.24. The summed E-state index contributed by atoms with van der Waals surface area (Å²) < 4.78 is 15.6. The van der Waals surface area contributed by atoms with Gasteiger partial charge in [0.25, 0.3) is 5.91 Å². The molecule has 0 aliphatic heterocycles. The third kappa shape index (κ3) is 5.05. The molecular weight excluding hydrogens is 384 g/mol. The first-order chi connectivity index (χ1) is 13.4. The van der Waals surface area contributed by atoms with E-state index in [0.717, 1.165) is 5.01 Å². The van der Waals surface area contributed by atoms with Crippen LogP contribution in [0, 0.1) is 11.3 Å². The van der Waals surface area contributed by atoms with Gasteiger partial charge in [-0.25, -0.2) is 0 Å². The second-order valence-electron chi connectivity index (χ2n) is 5.33. The van der Waals surface area contributed by atoms with Crippen LogP contribution in [0.3, 0.4) is 0 Å². The fourth-order valence-electron chi connectivity index (χ4n) is 2.15. The molecule has 1 amide bonds. The fourth-order valence-corrected chi connectivity index (χ4v) is 2.83. The van der Waals surface area contributed by atoms with Gasteiger partial charge in [0.05, 0.1) is 14.2 Å². The summed E-state index contributed by atoms with van der Waals surface area (Å²) in [6.45, 7) is 3.18. The lowest BCUT2D eigenvalue weighted by Crippen LogP contribution is -2.13. The van der Waals surface area contributed by atoms with E-state index >= 15 is 0 Å². The molecule has 10 heteroatoms. The molecule has 0 fully saturated rings. The van der Waals surface area contributed by atoms with Crippen LogP contribution >= 0.6 is 11.3 Å². The Balaban J connectivity index is 2.35. The quantitative estimate of drug-likeness (QED) is 0.324. The Morgan fingerprint density at radius 2 is 1.89 bits per heavy atom. The zero-order valence-electron chi connectivity index (χ0n) is 15.7. The number of methoxy groups -OCH3 is 2. The van der Waals surface area contributed by atoms with Gasteiger partial charge in [0.1, 0.15) is 16.6 Å². The number of esters is 1. The zero-order chi connectivity index (χ0) is 20.7. The topological polar surface area (TPSA) is 123 Å². The van der Waals surface area contributed by atoms with Crippen molar-refractivity contribution in [1.29, 1.82) is 5.26 Å². The summed E-state index contributed by atoms with van der Waals surface area (Å²) in [4.78, 5) is 23.7. The predicted molar refractivity (Wildman–Crippen MR) is 102 cm³/mol. The van der Waals surface area contributed by atoms with Crippen molar-refractivity contribution in [2.24, 2.45) is 0 Å². The van der Waals surface area contributed by atoms with Gasteiger partial charge in [0.15, 0.2) is 11.5 Å². The molecule has 0 saturated heterocycles. The van der Waals surface area contributed by atoms with E-state index < -0.39 is 11.9 Å². The van der Waals surface area contributed by atoms with Crippen LogP contribution in [0.15, 0.2) is 17.7 Å². The molecule has 0 aliphatic carbocycles. The van der Waals surface area contributed by atoms with Crippen molar-refractivity contribution >= 4 is 34.4 Å². The first-order valence-electron chi connectivity index (χ1n) is 8.11. The minimum atomic E-state index is -0.622. The standard InChI is InChI=1S/C18H18N4O5S/c1-5-15-21-22-18(28-15)20-17(24)12(9-19)6-11-7-13(25-3)16(27-10(2)23)14(8-11)26-4/h6-8H,5H2,1-4H3,(H,20,22,24)/b12-6+. The number of carbonyl (C=O) groups is 2. The maximum atomic E-state index is 12.4. The summed E-state index contributed by atoms with van der Waals surface area (Å²) in [6.07, 6.45) is 2.06. The number of nitrogens with one attached hydrogen (secondary N) is 1. The second-order valence-corrected chi connectivity index (χ2v) is 6.39.